The maximum atomic E-state index is 13.5. The van der Waals surface area contributed by atoms with Crippen molar-refractivity contribution < 1.29 is 19.5 Å². The smallest absolute Gasteiger partial charge is 0.307 e. The van der Waals surface area contributed by atoms with E-state index in [0.29, 0.717) is 23.4 Å². The Balaban J connectivity index is 1.63. The van der Waals surface area contributed by atoms with E-state index in [1.807, 2.05) is 18.7 Å². The van der Waals surface area contributed by atoms with Crippen molar-refractivity contribution in [1.82, 2.24) is 4.90 Å². The average Bonchev–Trinajstić information content (AvgIpc) is 3.12. The largest absolute Gasteiger partial charge is 0.481 e. The Kier molecular flexibility index (Phi) is 6.51. The Morgan fingerprint density at radius 1 is 0.935 bits per heavy atom. The van der Waals surface area contributed by atoms with Gasteiger partial charge in [0, 0.05) is 18.0 Å². The first-order valence-corrected chi connectivity index (χ1v) is 12.3. The van der Waals surface area contributed by atoms with Crippen LogP contribution in [-0.2, 0) is 22.4 Å². The summed E-state index contributed by atoms with van der Waals surface area (Å²) in [4.78, 5) is 41.7. The zero-order valence-corrected chi connectivity index (χ0v) is 19.3. The molecule has 0 aromatic carbocycles. The van der Waals surface area contributed by atoms with Crippen LogP contribution < -0.4 is 5.32 Å². The zero-order valence-electron chi connectivity index (χ0n) is 18.5. The van der Waals surface area contributed by atoms with Crippen LogP contribution in [0.2, 0.25) is 0 Å². The summed E-state index contributed by atoms with van der Waals surface area (Å²) in [6, 6.07) is 0. The molecule has 2 heterocycles. The maximum absolute atomic E-state index is 13.5. The number of rotatable bonds is 4. The predicted octanol–water partition coefficient (Wildman–Crippen LogP) is 4.64. The number of nitrogens with zero attached hydrogens (tertiary/aromatic N) is 1. The Labute approximate surface area is 187 Å². The highest BCUT2D eigenvalue weighted by molar-refractivity contribution is 7.17. The molecule has 1 fully saturated rings. The number of carboxylic acid groups (broad SMARTS) is 1. The van der Waals surface area contributed by atoms with Gasteiger partial charge in [-0.1, -0.05) is 11.1 Å². The van der Waals surface area contributed by atoms with E-state index in [0.717, 1.165) is 74.7 Å². The number of likely N-dealkylation sites (tertiary alicyclic amines) is 1. The quantitative estimate of drug-likeness (QED) is 0.663. The maximum Gasteiger partial charge on any atom is 0.307 e. The van der Waals surface area contributed by atoms with Gasteiger partial charge in [-0.2, -0.15) is 0 Å². The van der Waals surface area contributed by atoms with Crippen molar-refractivity contribution in [2.45, 2.75) is 71.6 Å². The molecule has 0 bridgehead atoms. The third kappa shape index (κ3) is 4.43. The number of carboxylic acids is 1. The summed E-state index contributed by atoms with van der Waals surface area (Å²) in [6.45, 7) is 5.46. The molecule has 1 aliphatic heterocycles. The molecule has 0 saturated carbocycles. The number of fused-ring (bicyclic) bond motifs is 1. The first-order valence-electron chi connectivity index (χ1n) is 11.5. The van der Waals surface area contributed by atoms with Crippen molar-refractivity contribution in [3.63, 3.8) is 0 Å². The summed E-state index contributed by atoms with van der Waals surface area (Å²) < 4.78 is 0. The van der Waals surface area contributed by atoms with Crippen molar-refractivity contribution in [2.75, 3.05) is 18.4 Å². The minimum absolute atomic E-state index is 0.0275. The first-order chi connectivity index (χ1) is 14.9. The number of allylic oxidation sites excluding steroid dienone is 2. The lowest BCUT2D eigenvalue weighted by molar-refractivity contribution is -0.146. The van der Waals surface area contributed by atoms with Crippen molar-refractivity contribution in [3.8, 4) is 0 Å². The van der Waals surface area contributed by atoms with Crippen LogP contribution in [0.15, 0.2) is 11.1 Å². The number of piperidine rings is 1. The number of hydrogen-bond acceptors (Lipinski definition) is 4. The number of aryl methyl sites for hydroxylation is 1. The van der Waals surface area contributed by atoms with Gasteiger partial charge >= 0.3 is 5.97 Å². The van der Waals surface area contributed by atoms with Gasteiger partial charge in [0.1, 0.15) is 5.00 Å². The molecule has 6 nitrogen and oxygen atoms in total. The molecule has 2 aliphatic carbocycles. The van der Waals surface area contributed by atoms with Crippen molar-refractivity contribution in [1.29, 1.82) is 0 Å². The molecular weight excluding hydrogens is 412 g/mol. The molecule has 2 N–H and O–H groups in total. The second-order valence-electron chi connectivity index (χ2n) is 9.28. The molecule has 3 aliphatic rings. The van der Waals surface area contributed by atoms with E-state index < -0.39 is 17.8 Å². The number of carbonyl (C=O) groups is 3. The SMILES string of the molecule is CC1=C(C)C[C@@H](C(=O)O)[C@@H](C(=O)Nc2sc3c(c2C(=O)N2CCCCC2)CCCC3)C1. The lowest BCUT2D eigenvalue weighted by Gasteiger charge is -2.30. The predicted molar refractivity (Wildman–Crippen MR) is 122 cm³/mol. The van der Waals surface area contributed by atoms with Gasteiger partial charge in [0.2, 0.25) is 5.91 Å². The van der Waals surface area contributed by atoms with Crippen molar-refractivity contribution in [3.05, 3.63) is 27.2 Å². The number of hydrogen-bond donors (Lipinski definition) is 2. The molecule has 168 valence electrons. The van der Waals surface area contributed by atoms with Crippen molar-refractivity contribution >= 4 is 34.1 Å². The van der Waals surface area contributed by atoms with Crippen LogP contribution in [0.5, 0.6) is 0 Å². The summed E-state index contributed by atoms with van der Waals surface area (Å²) in [5.74, 6) is -2.51. The van der Waals surface area contributed by atoms with Gasteiger partial charge in [0.25, 0.3) is 5.91 Å². The van der Waals surface area contributed by atoms with Gasteiger partial charge in [0.05, 0.1) is 17.4 Å². The van der Waals surface area contributed by atoms with E-state index in [2.05, 4.69) is 5.32 Å². The Morgan fingerprint density at radius 2 is 1.58 bits per heavy atom. The normalized spacial score (nSPS) is 24.0. The van der Waals surface area contributed by atoms with E-state index in [4.69, 9.17) is 0 Å². The van der Waals surface area contributed by atoms with Crippen LogP contribution in [0.25, 0.3) is 0 Å². The molecule has 0 unspecified atom stereocenters. The molecule has 0 radical (unpaired) electrons. The van der Waals surface area contributed by atoms with Crippen LogP contribution in [0.3, 0.4) is 0 Å². The van der Waals surface area contributed by atoms with E-state index in [9.17, 15) is 19.5 Å². The van der Waals surface area contributed by atoms with E-state index in [1.54, 1.807) is 0 Å². The summed E-state index contributed by atoms with van der Waals surface area (Å²) in [5.41, 5.74) is 3.92. The number of amides is 2. The van der Waals surface area contributed by atoms with Gasteiger partial charge in [-0.15, -0.1) is 11.3 Å². The summed E-state index contributed by atoms with van der Waals surface area (Å²) >= 11 is 1.52. The lowest BCUT2D eigenvalue weighted by atomic mass is 9.76. The molecule has 4 rings (SSSR count). The van der Waals surface area contributed by atoms with Gasteiger partial charge in [-0.25, -0.2) is 0 Å². The fraction of sp³-hybridized carbons (Fsp3) is 0.625. The first kappa shape index (κ1) is 22.1. The highest BCUT2D eigenvalue weighted by Gasteiger charge is 2.38. The highest BCUT2D eigenvalue weighted by atomic mass is 32.1. The second kappa shape index (κ2) is 9.15. The fourth-order valence-corrected chi connectivity index (χ4v) is 6.45. The van der Waals surface area contributed by atoms with Crippen molar-refractivity contribution in [2.24, 2.45) is 11.8 Å². The molecule has 1 aromatic rings. The van der Waals surface area contributed by atoms with Crippen LogP contribution in [0, 0.1) is 11.8 Å². The fourth-order valence-electron chi connectivity index (χ4n) is 5.17. The van der Waals surface area contributed by atoms with Crippen LogP contribution in [0.4, 0.5) is 5.00 Å². The van der Waals surface area contributed by atoms with Crippen LogP contribution in [-0.4, -0.2) is 40.9 Å². The Bertz CT molecular complexity index is 926. The third-order valence-corrected chi connectivity index (χ3v) is 8.39. The van der Waals surface area contributed by atoms with Gasteiger partial charge in [0.15, 0.2) is 0 Å². The van der Waals surface area contributed by atoms with Crippen LogP contribution in [0.1, 0.15) is 79.6 Å². The Hall–Kier alpha value is -2.15. The summed E-state index contributed by atoms with van der Waals surface area (Å²) in [7, 11) is 0. The molecular formula is C24H32N2O4S. The molecule has 31 heavy (non-hydrogen) atoms. The minimum Gasteiger partial charge on any atom is -0.481 e. The topological polar surface area (TPSA) is 86.7 Å². The minimum atomic E-state index is -0.929. The number of anilines is 1. The third-order valence-electron chi connectivity index (χ3n) is 7.19. The number of thiophene rings is 1. The van der Waals surface area contributed by atoms with Gasteiger partial charge < -0.3 is 15.3 Å². The molecule has 0 spiro atoms. The number of aliphatic carboxylic acids is 1. The van der Waals surface area contributed by atoms with Gasteiger partial charge in [-0.05, 0) is 77.2 Å². The number of carbonyl (C=O) groups excluding carboxylic acids is 2. The van der Waals surface area contributed by atoms with E-state index >= 15 is 0 Å². The molecule has 7 heteroatoms. The summed E-state index contributed by atoms with van der Waals surface area (Å²) in [5, 5.41) is 13.4. The molecule has 2 amide bonds. The lowest BCUT2D eigenvalue weighted by Crippen LogP contribution is -2.38. The van der Waals surface area contributed by atoms with E-state index in [1.165, 1.54) is 16.2 Å². The molecule has 1 aromatic heterocycles. The summed E-state index contributed by atoms with van der Waals surface area (Å²) in [6.07, 6.45) is 8.03. The highest BCUT2D eigenvalue weighted by Crippen LogP contribution is 2.41. The number of nitrogens with one attached hydrogen (secondary N) is 1. The standard InChI is InChI=1S/C24H32N2O4S/c1-14-12-17(18(24(29)30)13-15(14)2)21(27)25-22-20(16-8-4-5-9-19(16)31-22)23(28)26-10-6-3-7-11-26/h17-18H,3-13H2,1-2H3,(H,25,27)(H,29,30)/t17-,18+/m0/s1. The Morgan fingerprint density at radius 3 is 2.26 bits per heavy atom. The molecule has 2 atom stereocenters. The monoisotopic (exact) mass is 444 g/mol. The average molecular weight is 445 g/mol. The molecule has 1 saturated heterocycles. The van der Waals surface area contributed by atoms with Gasteiger partial charge in [-0.3, -0.25) is 14.4 Å². The van der Waals surface area contributed by atoms with E-state index in [-0.39, 0.29) is 11.8 Å². The second-order valence-corrected chi connectivity index (χ2v) is 10.4. The van der Waals surface area contributed by atoms with Crippen LogP contribution >= 0.6 is 11.3 Å². The zero-order chi connectivity index (χ0) is 22.1.